The molecule has 0 aliphatic carbocycles. The molecule has 0 aromatic heterocycles. The second-order valence-electron chi connectivity index (χ2n) is 3.10. The van der Waals surface area contributed by atoms with Crippen molar-refractivity contribution < 1.29 is 9.53 Å². The normalized spacial score (nSPS) is 10.1. The summed E-state index contributed by atoms with van der Waals surface area (Å²) in [5, 5.41) is 1.41. The zero-order chi connectivity index (χ0) is 11.3. The Bertz CT molecular complexity index is 352. The number of halogens is 2. The average Bonchev–Trinajstić information content (AvgIpc) is 2.25. The number of aryl methyl sites for hydroxylation is 1. The zero-order valence-electron chi connectivity index (χ0n) is 8.43. The first-order chi connectivity index (χ1) is 7.19. The molecule has 0 radical (unpaired) electrons. The summed E-state index contributed by atoms with van der Waals surface area (Å²) in [6.45, 7) is 0. The Balaban J connectivity index is 2.83. The molecule has 0 heterocycles. The minimum absolute atomic E-state index is 0.396. The third-order valence-electron chi connectivity index (χ3n) is 2.04. The third-order valence-corrected chi connectivity index (χ3v) is 2.91. The highest BCUT2D eigenvalue weighted by atomic mass is 79.9. The van der Waals surface area contributed by atoms with Crippen molar-refractivity contribution in [1.29, 1.82) is 0 Å². The standard InChI is InChI=1S/C11H12BrClO2/c1-15-11(14)9-5-4-8(3-2-6-12)7-10(9)13/h4-5,7H,2-3,6H2,1H3. The fourth-order valence-electron chi connectivity index (χ4n) is 1.26. The van der Waals surface area contributed by atoms with E-state index in [0.29, 0.717) is 10.6 Å². The van der Waals surface area contributed by atoms with E-state index in [9.17, 15) is 4.79 Å². The Morgan fingerprint density at radius 1 is 1.53 bits per heavy atom. The van der Waals surface area contributed by atoms with E-state index >= 15 is 0 Å². The largest absolute Gasteiger partial charge is 0.465 e. The highest BCUT2D eigenvalue weighted by molar-refractivity contribution is 9.09. The lowest BCUT2D eigenvalue weighted by atomic mass is 10.1. The van der Waals surface area contributed by atoms with Crippen molar-refractivity contribution in [3.8, 4) is 0 Å². The minimum Gasteiger partial charge on any atom is -0.465 e. The quantitative estimate of drug-likeness (QED) is 0.627. The lowest BCUT2D eigenvalue weighted by Gasteiger charge is -2.04. The molecule has 0 saturated heterocycles. The van der Waals surface area contributed by atoms with Crippen molar-refractivity contribution in [2.75, 3.05) is 12.4 Å². The maximum Gasteiger partial charge on any atom is 0.339 e. The van der Waals surface area contributed by atoms with Crippen molar-refractivity contribution in [1.82, 2.24) is 0 Å². The van der Waals surface area contributed by atoms with E-state index in [1.54, 1.807) is 6.07 Å². The molecule has 0 spiro atoms. The van der Waals surface area contributed by atoms with Gasteiger partial charge in [0.2, 0.25) is 0 Å². The van der Waals surface area contributed by atoms with E-state index in [-0.39, 0.29) is 0 Å². The van der Waals surface area contributed by atoms with Crippen LogP contribution in [-0.4, -0.2) is 18.4 Å². The van der Waals surface area contributed by atoms with Gasteiger partial charge in [-0.05, 0) is 30.5 Å². The first kappa shape index (κ1) is 12.5. The number of carbonyl (C=O) groups excluding carboxylic acids is 1. The van der Waals surface area contributed by atoms with Crippen molar-refractivity contribution >= 4 is 33.5 Å². The molecule has 0 fully saturated rings. The molecule has 0 saturated carbocycles. The van der Waals surface area contributed by atoms with Crippen LogP contribution in [0, 0.1) is 0 Å². The van der Waals surface area contributed by atoms with Crippen molar-refractivity contribution in [2.24, 2.45) is 0 Å². The monoisotopic (exact) mass is 290 g/mol. The van der Waals surface area contributed by atoms with Crippen LogP contribution in [0.5, 0.6) is 0 Å². The van der Waals surface area contributed by atoms with E-state index in [2.05, 4.69) is 20.7 Å². The second kappa shape index (κ2) is 6.13. The van der Waals surface area contributed by atoms with Crippen LogP contribution in [0.15, 0.2) is 18.2 Å². The van der Waals surface area contributed by atoms with Crippen LogP contribution >= 0.6 is 27.5 Å². The minimum atomic E-state index is -0.396. The van der Waals surface area contributed by atoms with Gasteiger partial charge in [0, 0.05) is 5.33 Å². The Hall–Kier alpha value is -0.540. The first-order valence-electron chi connectivity index (χ1n) is 4.61. The highest BCUT2D eigenvalue weighted by Crippen LogP contribution is 2.19. The van der Waals surface area contributed by atoms with Gasteiger partial charge >= 0.3 is 5.97 Å². The van der Waals surface area contributed by atoms with Crippen molar-refractivity contribution in [3.05, 3.63) is 34.3 Å². The summed E-state index contributed by atoms with van der Waals surface area (Å²) >= 11 is 9.34. The maximum atomic E-state index is 11.2. The van der Waals surface area contributed by atoms with Crippen molar-refractivity contribution in [2.45, 2.75) is 12.8 Å². The Labute approximate surface area is 103 Å². The lowest BCUT2D eigenvalue weighted by Crippen LogP contribution is -2.02. The molecule has 1 rings (SSSR count). The van der Waals surface area contributed by atoms with Crippen molar-refractivity contribution in [3.63, 3.8) is 0 Å². The smallest absolute Gasteiger partial charge is 0.339 e. The van der Waals surface area contributed by atoms with Gasteiger partial charge in [0.1, 0.15) is 0 Å². The number of ether oxygens (including phenoxy) is 1. The molecule has 0 unspecified atom stereocenters. The number of rotatable bonds is 4. The SMILES string of the molecule is COC(=O)c1ccc(CCCBr)cc1Cl. The molecule has 0 bridgehead atoms. The van der Waals surface area contributed by atoms with Gasteiger partial charge in [-0.25, -0.2) is 4.79 Å². The van der Waals surface area contributed by atoms with Gasteiger partial charge in [0.15, 0.2) is 0 Å². The number of hydrogen-bond acceptors (Lipinski definition) is 2. The number of hydrogen-bond donors (Lipinski definition) is 0. The molecular weight excluding hydrogens is 279 g/mol. The molecular formula is C11H12BrClO2. The Morgan fingerprint density at radius 2 is 2.27 bits per heavy atom. The molecule has 0 aliphatic heterocycles. The summed E-state index contributed by atoms with van der Waals surface area (Å²) in [5.74, 6) is -0.396. The van der Waals surface area contributed by atoms with Crippen LogP contribution in [0.2, 0.25) is 5.02 Å². The molecule has 0 aliphatic rings. The first-order valence-corrected chi connectivity index (χ1v) is 6.11. The van der Waals surface area contributed by atoms with Crippen LogP contribution in [-0.2, 0) is 11.2 Å². The predicted molar refractivity (Wildman–Crippen MR) is 64.9 cm³/mol. The topological polar surface area (TPSA) is 26.3 Å². The molecule has 15 heavy (non-hydrogen) atoms. The van der Waals surface area contributed by atoms with Crippen LogP contribution in [0.25, 0.3) is 0 Å². The van der Waals surface area contributed by atoms with E-state index in [1.807, 2.05) is 12.1 Å². The summed E-state index contributed by atoms with van der Waals surface area (Å²) < 4.78 is 4.61. The number of alkyl halides is 1. The number of esters is 1. The van der Waals surface area contributed by atoms with Crippen LogP contribution < -0.4 is 0 Å². The Kier molecular flexibility index (Phi) is 5.12. The van der Waals surface area contributed by atoms with E-state index in [4.69, 9.17) is 11.6 Å². The molecule has 1 aromatic rings. The molecule has 0 N–H and O–H groups in total. The van der Waals surface area contributed by atoms with Gasteiger partial charge < -0.3 is 4.74 Å². The van der Waals surface area contributed by atoms with Gasteiger partial charge in [-0.3, -0.25) is 0 Å². The van der Waals surface area contributed by atoms with Gasteiger partial charge in [0.25, 0.3) is 0 Å². The lowest BCUT2D eigenvalue weighted by molar-refractivity contribution is 0.0601. The zero-order valence-corrected chi connectivity index (χ0v) is 10.8. The summed E-state index contributed by atoms with van der Waals surface area (Å²) in [6, 6.07) is 5.43. The van der Waals surface area contributed by atoms with E-state index in [1.165, 1.54) is 7.11 Å². The van der Waals surface area contributed by atoms with Gasteiger partial charge in [0.05, 0.1) is 17.7 Å². The molecule has 4 heteroatoms. The van der Waals surface area contributed by atoms with Crippen LogP contribution in [0.4, 0.5) is 0 Å². The molecule has 2 nitrogen and oxygen atoms in total. The Morgan fingerprint density at radius 3 is 2.80 bits per heavy atom. The third kappa shape index (κ3) is 3.50. The van der Waals surface area contributed by atoms with Crippen LogP contribution in [0.1, 0.15) is 22.3 Å². The fourth-order valence-corrected chi connectivity index (χ4v) is 1.82. The maximum absolute atomic E-state index is 11.2. The summed E-state index contributed by atoms with van der Waals surface area (Å²) in [4.78, 5) is 11.2. The summed E-state index contributed by atoms with van der Waals surface area (Å²) in [5.41, 5.74) is 1.55. The fraction of sp³-hybridized carbons (Fsp3) is 0.364. The average molecular weight is 292 g/mol. The van der Waals surface area contributed by atoms with Crippen LogP contribution in [0.3, 0.4) is 0 Å². The molecule has 82 valence electrons. The predicted octanol–water partition coefficient (Wildman–Crippen LogP) is 3.45. The second-order valence-corrected chi connectivity index (χ2v) is 4.30. The summed E-state index contributed by atoms with van der Waals surface area (Å²) in [6.07, 6.45) is 2.00. The highest BCUT2D eigenvalue weighted by Gasteiger charge is 2.10. The number of carbonyl (C=O) groups is 1. The van der Waals surface area contributed by atoms with E-state index < -0.39 is 5.97 Å². The molecule has 1 aromatic carbocycles. The number of benzene rings is 1. The molecule has 0 atom stereocenters. The van der Waals surface area contributed by atoms with E-state index in [0.717, 1.165) is 23.7 Å². The number of methoxy groups -OCH3 is 1. The van der Waals surface area contributed by atoms with Gasteiger partial charge in [-0.15, -0.1) is 0 Å². The van der Waals surface area contributed by atoms with Gasteiger partial charge in [-0.1, -0.05) is 33.6 Å². The molecule has 0 amide bonds. The summed E-state index contributed by atoms with van der Waals surface area (Å²) in [7, 11) is 1.34. The van der Waals surface area contributed by atoms with Gasteiger partial charge in [-0.2, -0.15) is 0 Å².